The second-order valence-corrected chi connectivity index (χ2v) is 9.42. The number of H-pyrrole nitrogens is 1. The molecule has 4 saturated carbocycles. The summed E-state index contributed by atoms with van der Waals surface area (Å²) < 4.78 is 5.40. The van der Waals surface area contributed by atoms with Crippen LogP contribution >= 0.6 is 0 Å². The minimum Gasteiger partial charge on any atom is -0.380 e. The van der Waals surface area contributed by atoms with Crippen LogP contribution in [-0.4, -0.2) is 47.1 Å². The predicted molar refractivity (Wildman–Crippen MR) is 101 cm³/mol. The molecule has 1 atom stereocenters. The van der Waals surface area contributed by atoms with E-state index >= 15 is 0 Å². The van der Waals surface area contributed by atoms with Crippen LogP contribution in [0.1, 0.15) is 67.5 Å². The van der Waals surface area contributed by atoms with Crippen molar-refractivity contribution in [3.05, 3.63) is 27.9 Å². The average Bonchev–Trinajstić information content (AvgIpc) is 2.66. The minimum atomic E-state index is -0.278. The van der Waals surface area contributed by atoms with Crippen molar-refractivity contribution in [1.82, 2.24) is 14.9 Å². The molecule has 0 unspecified atom stereocenters. The van der Waals surface area contributed by atoms with E-state index in [4.69, 9.17) is 4.74 Å². The molecule has 5 fully saturated rings. The molecule has 146 valence electrons. The second kappa shape index (κ2) is 6.43. The summed E-state index contributed by atoms with van der Waals surface area (Å²) in [7, 11) is 1.67. The maximum atomic E-state index is 12.9. The lowest BCUT2D eigenvalue weighted by molar-refractivity contribution is -0.00956. The fourth-order valence-corrected chi connectivity index (χ4v) is 6.70. The fourth-order valence-electron chi connectivity index (χ4n) is 6.70. The van der Waals surface area contributed by atoms with Gasteiger partial charge in [0.15, 0.2) is 0 Å². The zero-order valence-electron chi connectivity index (χ0n) is 16.1. The Morgan fingerprint density at radius 3 is 2.48 bits per heavy atom. The van der Waals surface area contributed by atoms with Gasteiger partial charge in [-0.25, -0.2) is 4.98 Å². The zero-order valence-corrected chi connectivity index (χ0v) is 16.1. The molecule has 0 spiro atoms. The molecule has 2 heterocycles. The van der Waals surface area contributed by atoms with E-state index in [1.54, 1.807) is 12.0 Å². The smallest absolute Gasteiger partial charge is 0.263 e. The molecule has 0 radical (unpaired) electrons. The van der Waals surface area contributed by atoms with E-state index in [-0.39, 0.29) is 28.5 Å². The molecule has 4 aliphatic carbocycles. The van der Waals surface area contributed by atoms with Crippen LogP contribution in [0.5, 0.6) is 0 Å². The molecule has 5 aliphatic rings. The fraction of sp³-hybridized carbons (Fsp3) is 0.762. The van der Waals surface area contributed by atoms with Crippen molar-refractivity contribution in [2.24, 2.45) is 17.8 Å². The number of piperidine rings is 1. The molecule has 6 rings (SSSR count). The highest BCUT2D eigenvalue weighted by Gasteiger charge is 2.53. The number of nitrogens with one attached hydrogen (secondary N) is 1. The van der Waals surface area contributed by atoms with Crippen LogP contribution in [0.3, 0.4) is 0 Å². The van der Waals surface area contributed by atoms with Crippen molar-refractivity contribution >= 4 is 5.91 Å². The normalized spacial score (nSPS) is 37.6. The van der Waals surface area contributed by atoms with E-state index < -0.39 is 0 Å². The van der Waals surface area contributed by atoms with E-state index in [9.17, 15) is 9.59 Å². The maximum Gasteiger partial charge on any atom is 0.263 e. The summed E-state index contributed by atoms with van der Waals surface area (Å²) in [5, 5.41) is 0. The highest BCUT2D eigenvalue weighted by molar-refractivity contribution is 5.93. The summed E-state index contributed by atoms with van der Waals surface area (Å²) in [6.45, 7) is 1.22. The van der Waals surface area contributed by atoms with Gasteiger partial charge in [0.1, 0.15) is 11.4 Å². The number of rotatable bonds is 3. The van der Waals surface area contributed by atoms with Crippen LogP contribution in [0.2, 0.25) is 0 Å². The highest BCUT2D eigenvalue weighted by Crippen LogP contribution is 2.59. The Kier molecular flexibility index (Phi) is 4.15. The molecule has 1 aliphatic heterocycles. The molecule has 6 heteroatoms. The number of hydrogen-bond acceptors (Lipinski definition) is 4. The Morgan fingerprint density at radius 2 is 1.89 bits per heavy atom. The summed E-state index contributed by atoms with van der Waals surface area (Å²) >= 11 is 0. The third kappa shape index (κ3) is 2.93. The van der Waals surface area contributed by atoms with Gasteiger partial charge in [-0.3, -0.25) is 9.59 Å². The van der Waals surface area contributed by atoms with Gasteiger partial charge >= 0.3 is 0 Å². The van der Waals surface area contributed by atoms with Crippen LogP contribution in [0.15, 0.2) is 11.0 Å². The lowest BCUT2D eigenvalue weighted by Crippen LogP contribution is -2.50. The molecule has 0 aromatic carbocycles. The number of hydrogen-bond donors (Lipinski definition) is 1. The van der Waals surface area contributed by atoms with Crippen molar-refractivity contribution in [2.45, 2.75) is 62.9 Å². The summed E-state index contributed by atoms with van der Waals surface area (Å²) in [6.07, 6.45) is 11.0. The van der Waals surface area contributed by atoms with Crippen molar-refractivity contribution < 1.29 is 9.53 Å². The van der Waals surface area contributed by atoms with Crippen LogP contribution < -0.4 is 5.56 Å². The highest BCUT2D eigenvalue weighted by atomic mass is 16.5. The topological polar surface area (TPSA) is 75.3 Å². The number of ether oxygens (including phenoxy) is 1. The van der Waals surface area contributed by atoms with Gasteiger partial charge in [-0.05, 0) is 69.1 Å². The Balaban J connectivity index is 1.40. The number of nitrogens with zero attached hydrogens (tertiary/aromatic N) is 2. The first kappa shape index (κ1) is 17.4. The van der Waals surface area contributed by atoms with Gasteiger partial charge in [0.2, 0.25) is 0 Å². The van der Waals surface area contributed by atoms with Gasteiger partial charge in [-0.2, -0.15) is 0 Å². The maximum absolute atomic E-state index is 12.9. The molecule has 1 aromatic rings. The second-order valence-electron chi connectivity index (χ2n) is 9.42. The zero-order chi connectivity index (χ0) is 18.6. The van der Waals surface area contributed by atoms with Crippen molar-refractivity contribution in [3.63, 3.8) is 0 Å². The van der Waals surface area contributed by atoms with Crippen molar-refractivity contribution in [2.75, 3.05) is 20.2 Å². The Labute approximate surface area is 159 Å². The predicted octanol–water partition coefficient (Wildman–Crippen LogP) is 2.49. The van der Waals surface area contributed by atoms with Crippen LogP contribution in [0.25, 0.3) is 0 Å². The van der Waals surface area contributed by atoms with Crippen LogP contribution in [-0.2, 0) is 10.2 Å². The first-order valence-electron chi connectivity index (χ1n) is 10.5. The number of carbonyl (C=O) groups excluding carboxylic acids is 1. The number of carbonyl (C=O) groups is 1. The third-order valence-electron chi connectivity index (χ3n) is 7.57. The molecule has 1 saturated heterocycles. The number of amides is 1. The third-order valence-corrected chi connectivity index (χ3v) is 7.57. The van der Waals surface area contributed by atoms with Gasteiger partial charge in [0, 0.05) is 31.8 Å². The SMILES string of the molecule is CO[C@H]1CCCN(C(=O)c2cnc(C34CC5CC(CC(C5)C3)C4)[nH]c2=O)C1. The molecular weight excluding hydrogens is 342 g/mol. The van der Waals surface area contributed by atoms with E-state index in [0.29, 0.717) is 13.1 Å². The monoisotopic (exact) mass is 371 g/mol. The van der Waals surface area contributed by atoms with Crippen molar-refractivity contribution in [3.8, 4) is 0 Å². The van der Waals surface area contributed by atoms with E-state index in [0.717, 1.165) is 55.7 Å². The quantitative estimate of drug-likeness (QED) is 0.886. The van der Waals surface area contributed by atoms with Crippen LogP contribution in [0, 0.1) is 17.8 Å². The molecule has 27 heavy (non-hydrogen) atoms. The summed E-state index contributed by atoms with van der Waals surface area (Å²) in [6, 6.07) is 0. The minimum absolute atomic E-state index is 0.0434. The Bertz CT molecular complexity index is 767. The lowest BCUT2D eigenvalue weighted by atomic mass is 9.49. The summed E-state index contributed by atoms with van der Waals surface area (Å²) in [5.74, 6) is 2.99. The molecule has 4 bridgehead atoms. The average molecular weight is 371 g/mol. The van der Waals surface area contributed by atoms with Crippen LogP contribution in [0.4, 0.5) is 0 Å². The molecule has 1 amide bonds. The molecule has 1 N–H and O–H groups in total. The molecular formula is C21H29N3O3. The first-order chi connectivity index (χ1) is 13.1. The lowest BCUT2D eigenvalue weighted by Gasteiger charge is -2.56. The van der Waals surface area contributed by atoms with E-state index in [1.807, 2.05) is 0 Å². The molecule has 1 aromatic heterocycles. The van der Waals surface area contributed by atoms with Gasteiger partial charge in [-0.1, -0.05) is 0 Å². The summed E-state index contributed by atoms with van der Waals surface area (Å²) in [5.41, 5.74) is -0.0672. The summed E-state index contributed by atoms with van der Waals surface area (Å²) in [4.78, 5) is 35.1. The van der Waals surface area contributed by atoms with E-state index in [1.165, 1.54) is 25.5 Å². The van der Waals surface area contributed by atoms with Gasteiger partial charge in [0.25, 0.3) is 11.5 Å². The van der Waals surface area contributed by atoms with Gasteiger partial charge in [0.05, 0.1) is 6.10 Å². The number of likely N-dealkylation sites (tertiary alicyclic amines) is 1. The number of aromatic nitrogens is 2. The molecule has 6 nitrogen and oxygen atoms in total. The standard InChI is InChI=1S/C21H29N3O3/c1-27-16-3-2-4-24(12-16)19(26)17-11-22-20(23-18(17)25)21-8-13-5-14(9-21)7-15(6-13)10-21/h11,13-16H,2-10,12H2,1H3,(H,22,23,25)/t13?,14?,15?,16-,21?/m0/s1. The number of methoxy groups -OCH3 is 1. The largest absolute Gasteiger partial charge is 0.380 e. The van der Waals surface area contributed by atoms with Crippen molar-refractivity contribution in [1.29, 1.82) is 0 Å². The first-order valence-corrected chi connectivity index (χ1v) is 10.5. The van der Waals surface area contributed by atoms with Gasteiger partial charge < -0.3 is 14.6 Å². The Morgan fingerprint density at radius 1 is 1.22 bits per heavy atom. The van der Waals surface area contributed by atoms with Gasteiger partial charge in [-0.15, -0.1) is 0 Å². The Hall–Kier alpha value is -1.69. The van der Waals surface area contributed by atoms with E-state index in [2.05, 4.69) is 9.97 Å². The number of aromatic amines is 1.